The monoisotopic (exact) mass is 323 g/mol. The molecule has 1 amide bonds. The van der Waals surface area contributed by atoms with Crippen molar-refractivity contribution >= 4 is 34.9 Å². The molecule has 5 nitrogen and oxygen atoms in total. The quantitative estimate of drug-likeness (QED) is 0.794. The van der Waals surface area contributed by atoms with Gasteiger partial charge >= 0.3 is 6.09 Å². The van der Waals surface area contributed by atoms with E-state index >= 15 is 0 Å². The van der Waals surface area contributed by atoms with Crippen LogP contribution in [0.15, 0.2) is 28.7 Å². The van der Waals surface area contributed by atoms with E-state index in [4.69, 9.17) is 20.8 Å². The first-order chi connectivity index (χ1) is 10.2. The van der Waals surface area contributed by atoms with E-state index in [1.54, 1.807) is 39.0 Å². The lowest BCUT2D eigenvalue weighted by molar-refractivity contribution is -0.112. The van der Waals surface area contributed by atoms with Crippen LogP contribution in [0.2, 0.25) is 5.22 Å². The maximum Gasteiger partial charge on any atom is 0.410 e. The third-order valence-electron chi connectivity index (χ3n) is 3.11. The number of hydrogen-bond donors (Lipinski definition) is 0. The number of benzene rings is 1. The Morgan fingerprint density at radius 3 is 2.59 bits per heavy atom. The van der Waals surface area contributed by atoms with Crippen molar-refractivity contribution in [2.45, 2.75) is 32.4 Å². The van der Waals surface area contributed by atoms with Crippen molar-refractivity contribution in [2.24, 2.45) is 0 Å². The van der Waals surface area contributed by atoms with Crippen LogP contribution < -0.4 is 0 Å². The summed E-state index contributed by atoms with van der Waals surface area (Å²) in [7, 11) is 1.49. The molecule has 2 rings (SSSR count). The number of carbonyl (C=O) groups excluding carboxylic acids is 2. The number of likely N-dealkylation sites (N-methyl/N-ethyl adjacent to an activating group) is 1. The van der Waals surface area contributed by atoms with Gasteiger partial charge < -0.3 is 13.9 Å². The number of para-hydroxylation sites is 1. The van der Waals surface area contributed by atoms with Crippen molar-refractivity contribution in [3.05, 3.63) is 35.0 Å². The van der Waals surface area contributed by atoms with Gasteiger partial charge in [0, 0.05) is 18.0 Å². The SMILES string of the molecule is CN(C(=O)OC(C)(C)C)C(C=O)c1c(Cl)oc2ccccc12. The lowest BCUT2D eigenvalue weighted by Gasteiger charge is -2.27. The average molecular weight is 324 g/mol. The van der Waals surface area contributed by atoms with E-state index in [0.717, 1.165) is 0 Å². The molecule has 0 saturated carbocycles. The van der Waals surface area contributed by atoms with Crippen LogP contribution in [0, 0.1) is 0 Å². The second kappa shape index (κ2) is 6.01. The molecular weight excluding hydrogens is 306 g/mol. The zero-order valence-electron chi connectivity index (χ0n) is 12.9. The molecule has 6 heteroatoms. The minimum absolute atomic E-state index is 0.0914. The molecule has 118 valence electrons. The summed E-state index contributed by atoms with van der Waals surface area (Å²) in [5, 5.41) is 0.786. The van der Waals surface area contributed by atoms with Gasteiger partial charge in [-0.05, 0) is 38.4 Å². The molecule has 0 aliphatic heterocycles. The Balaban J connectivity index is 2.40. The van der Waals surface area contributed by atoms with Gasteiger partial charge in [0.15, 0.2) is 5.22 Å². The van der Waals surface area contributed by atoms with Crippen molar-refractivity contribution in [3.63, 3.8) is 0 Å². The Hall–Kier alpha value is -2.01. The highest BCUT2D eigenvalue weighted by atomic mass is 35.5. The molecule has 0 aliphatic rings. The Morgan fingerprint density at radius 1 is 1.36 bits per heavy atom. The Kier molecular flexibility index (Phi) is 4.47. The molecule has 0 N–H and O–H groups in total. The first-order valence-corrected chi connectivity index (χ1v) is 7.20. The molecule has 0 fully saturated rings. The van der Waals surface area contributed by atoms with Gasteiger partial charge in [-0.25, -0.2) is 4.79 Å². The van der Waals surface area contributed by atoms with Crippen LogP contribution >= 0.6 is 11.6 Å². The van der Waals surface area contributed by atoms with Crippen LogP contribution in [0.5, 0.6) is 0 Å². The minimum atomic E-state index is -0.883. The summed E-state index contributed by atoms with van der Waals surface area (Å²) in [5.41, 5.74) is 0.369. The number of halogens is 1. The number of carbonyl (C=O) groups is 2. The molecule has 1 atom stereocenters. The minimum Gasteiger partial charge on any atom is -0.444 e. The molecule has 1 unspecified atom stereocenters. The van der Waals surface area contributed by atoms with E-state index < -0.39 is 17.7 Å². The van der Waals surface area contributed by atoms with Crippen LogP contribution in [0.1, 0.15) is 32.4 Å². The first kappa shape index (κ1) is 16.4. The number of amides is 1. The van der Waals surface area contributed by atoms with E-state index in [2.05, 4.69) is 0 Å². The fraction of sp³-hybridized carbons (Fsp3) is 0.375. The van der Waals surface area contributed by atoms with Crippen LogP contribution in [-0.4, -0.2) is 29.9 Å². The molecule has 1 aromatic carbocycles. The normalized spacial score (nSPS) is 13.0. The second-order valence-corrected chi connectivity index (χ2v) is 6.30. The summed E-state index contributed by atoms with van der Waals surface area (Å²) in [6.07, 6.45) is 0.0403. The van der Waals surface area contributed by atoms with Gasteiger partial charge in [0.2, 0.25) is 0 Å². The van der Waals surface area contributed by atoms with E-state index in [9.17, 15) is 9.59 Å². The predicted octanol–water partition coefficient (Wildman–Crippen LogP) is 4.19. The van der Waals surface area contributed by atoms with Gasteiger partial charge in [0.25, 0.3) is 0 Å². The van der Waals surface area contributed by atoms with Crippen molar-refractivity contribution in [2.75, 3.05) is 7.05 Å². The standard InChI is InChI=1S/C16H18ClNO4/c1-16(2,3)22-15(20)18(4)11(9-19)13-10-7-5-6-8-12(10)21-14(13)17/h5-9,11H,1-4H3. The number of fused-ring (bicyclic) bond motifs is 1. The first-order valence-electron chi connectivity index (χ1n) is 6.82. The summed E-state index contributed by atoms with van der Waals surface area (Å²) in [5.74, 6) is 0. The van der Waals surface area contributed by atoms with Crippen LogP contribution in [0.25, 0.3) is 11.0 Å². The maximum absolute atomic E-state index is 12.2. The van der Waals surface area contributed by atoms with Crippen molar-refractivity contribution < 1.29 is 18.7 Å². The van der Waals surface area contributed by atoms with E-state index in [1.807, 2.05) is 6.07 Å². The fourth-order valence-electron chi connectivity index (χ4n) is 2.11. The Labute approximate surface area is 133 Å². The van der Waals surface area contributed by atoms with Gasteiger partial charge in [0.1, 0.15) is 23.5 Å². The molecule has 2 aromatic rings. The molecule has 0 spiro atoms. The number of nitrogens with zero attached hydrogens (tertiary/aromatic N) is 1. The van der Waals surface area contributed by atoms with Gasteiger partial charge in [0.05, 0.1) is 0 Å². The summed E-state index contributed by atoms with van der Waals surface area (Å²) in [4.78, 5) is 24.9. The molecule has 1 aromatic heterocycles. The third-order valence-corrected chi connectivity index (χ3v) is 3.39. The molecule has 0 saturated heterocycles. The number of furan rings is 1. The molecule has 1 heterocycles. The van der Waals surface area contributed by atoms with Crippen molar-refractivity contribution in [1.82, 2.24) is 4.90 Å². The lowest BCUT2D eigenvalue weighted by atomic mass is 10.1. The summed E-state index contributed by atoms with van der Waals surface area (Å²) < 4.78 is 10.7. The second-order valence-electron chi connectivity index (χ2n) is 5.96. The Bertz CT molecular complexity index is 702. The number of ether oxygens (including phenoxy) is 1. The van der Waals surface area contributed by atoms with Crippen LogP contribution in [0.3, 0.4) is 0 Å². The largest absolute Gasteiger partial charge is 0.444 e. The van der Waals surface area contributed by atoms with Crippen LogP contribution in [0.4, 0.5) is 4.79 Å². The van der Waals surface area contributed by atoms with Gasteiger partial charge in [-0.15, -0.1) is 0 Å². The molecular formula is C16H18ClNO4. The zero-order valence-corrected chi connectivity index (χ0v) is 13.7. The molecule has 22 heavy (non-hydrogen) atoms. The predicted molar refractivity (Wildman–Crippen MR) is 84.0 cm³/mol. The Morgan fingerprint density at radius 2 is 2.00 bits per heavy atom. The van der Waals surface area contributed by atoms with E-state index in [-0.39, 0.29) is 5.22 Å². The highest BCUT2D eigenvalue weighted by Gasteiger charge is 2.30. The molecule has 0 aliphatic carbocycles. The summed E-state index contributed by atoms with van der Waals surface area (Å²) in [6, 6.07) is 6.28. The zero-order chi connectivity index (χ0) is 16.5. The number of aldehydes is 1. The lowest BCUT2D eigenvalue weighted by Crippen LogP contribution is -2.37. The van der Waals surface area contributed by atoms with Crippen molar-refractivity contribution in [1.29, 1.82) is 0 Å². The highest BCUT2D eigenvalue weighted by Crippen LogP contribution is 2.36. The number of rotatable bonds is 3. The molecule has 0 bridgehead atoms. The number of hydrogen-bond acceptors (Lipinski definition) is 4. The summed E-state index contributed by atoms with van der Waals surface area (Å²) in [6.45, 7) is 5.28. The van der Waals surface area contributed by atoms with E-state index in [1.165, 1.54) is 11.9 Å². The summed E-state index contributed by atoms with van der Waals surface area (Å²) >= 11 is 6.12. The maximum atomic E-state index is 12.2. The van der Waals surface area contributed by atoms with Gasteiger partial charge in [-0.1, -0.05) is 18.2 Å². The van der Waals surface area contributed by atoms with Crippen LogP contribution in [-0.2, 0) is 9.53 Å². The topological polar surface area (TPSA) is 59.8 Å². The fourth-order valence-corrected chi connectivity index (χ4v) is 2.41. The average Bonchev–Trinajstić information content (AvgIpc) is 2.74. The van der Waals surface area contributed by atoms with Gasteiger partial charge in [-0.3, -0.25) is 4.90 Å². The molecule has 0 radical (unpaired) electrons. The third kappa shape index (κ3) is 3.25. The van der Waals surface area contributed by atoms with E-state index in [0.29, 0.717) is 22.8 Å². The van der Waals surface area contributed by atoms with Crippen molar-refractivity contribution in [3.8, 4) is 0 Å². The smallest absolute Gasteiger partial charge is 0.410 e. The highest BCUT2D eigenvalue weighted by molar-refractivity contribution is 6.31. The van der Waals surface area contributed by atoms with Gasteiger partial charge in [-0.2, -0.15) is 0 Å².